The number of nitrogens with zero attached hydrogens (tertiary/aromatic N) is 2. The smallest absolute Gasteiger partial charge is 0.325 e. The quantitative estimate of drug-likeness (QED) is 0.609. The van der Waals surface area contributed by atoms with Crippen molar-refractivity contribution in [1.82, 2.24) is 4.57 Å². The summed E-state index contributed by atoms with van der Waals surface area (Å²) in [5.41, 5.74) is 0.286. The lowest BCUT2D eigenvalue weighted by molar-refractivity contribution is -0.141. The van der Waals surface area contributed by atoms with Crippen LogP contribution in [0.15, 0.2) is 41.4 Å². The molecule has 0 aliphatic rings. The highest BCUT2D eigenvalue weighted by molar-refractivity contribution is 7.16. The van der Waals surface area contributed by atoms with Gasteiger partial charge in [0.1, 0.15) is 12.4 Å². The van der Waals surface area contributed by atoms with Gasteiger partial charge in [0.2, 0.25) is 0 Å². The van der Waals surface area contributed by atoms with Gasteiger partial charge in [0, 0.05) is 5.02 Å². The first-order valence-corrected chi connectivity index (χ1v) is 8.86. The normalized spacial score (nSPS) is 11.8. The molecule has 0 bridgehead atoms. The summed E-state index contributed by atoms with van der Waals surface area (Å²) >= 11 is 13.0. The molecular formula is C17H11Cl2FN2O3S. The summed E-state index contributed by atoms with van der Waals surface area (Å²) in [6.45, 7) is -0.285. The fraction of sp³-hybridized carbons (Fsp3) is 0.118. The lowest BCUT2D eigenvalue weighted by atomic mass is 10.2. The number of amides is 1. The van der Waals surface area contributed by atoms with Crippen molar-refractivity contribution in [2.45, 2.75) is 6.54 Å². The maximum atomic E-state index is 14.3. The highest BCUT2D eigenvalue weighted by Gasteiger charge is 2.16. The number of aromatic nitrogens is 1. The number of thiazole rings is 1. The molecule has 9 heteroatoms. The van der Waals surface area contributed by atoms with Crippen molar-refractivity contribution < 1.29 is 18.7 Å². The van der Waals surface area contributed by atoms with Gasteiger partial charge in [-0.05, 0) is 30.3 Å². The Morgan fingerprint density at radius 2 is 2.04 bits per heavy atom. The Balaban J connectivity index is 2.20. The van der Waals surface area contributed by atoms with Crippen LogP contribution in [0.5, 0.6) is 0 Å². The van der Waals surface area contributed by atoms with Crippen LogP contribution in [-0.4, -0.2) is 23.6 Å². The van der Waals surface area contributed by atoms with Crippen LogP contribution in [0.2, 0.25) is 10.0 Å². The number of esters is 1. The topological polar surface area (TPSA) is 60.7 Å². The van der Waals surface area contributed by atoms with Crippen molar-refractivity contribution in [2.24, 2.45) is 4.99 Å². The molecule has 1 amide bonds. The van der Waals surface area contributed by atoms with Crippen LogP contribution >= 0.6 is 34.5 Å². The third-order valence-electron chi connectivity index (χ3n) is 3.52. The van der Waals surface area contributed by atoms with E-state index < -0.39 is 17.7 Å². The standard InChI is InChI=1S/C17H11Cl2FN2O3S/c1-25-14(23)8-22-15-12(20)3-2-4-13(15)26-17(22)21-16(24)10-7-9(18)5-6-11(10)19/h2-7H,8H2,1H3. The van der Waals surface area contributed by atoms with Gasteiger partial charge in [-0.1, -0.05) is 40.6 Å². The molecule has 3 aromatic rings. The minimum Gasteiger partial charge on any atom is -0.468 e. The molecule has 2 aromatic carbocycles. The average Bonchev–Trinajstić information content (AvgIpc) is 2.95. The van der Waals surface area contributed by atoms with E-state index in [-0.39, 0.29) is 27.4 Å². The molecule has 0 atom stereocenters. The fourth-order valence-electron chi connectivity index (χ4n) is 2.32. The van der Waals surface area contributed by atoms with Crippen molar-refractivity contribution in [3.63, 3.8) is 0 Å². The Labute approximate surface area is 161 Å². The van der Waals surface area contributed by atoms with Crippen LogP contribution in [-0.2, 0) is 16.1 Å². The lowest BCUT2D eigenvalue weighted by Gasteiger charge is -2.04. The minimum absolute atomic E-state index is 0.113. The van der Waals surface area contributed by atoms with Crippen LogP contribution in [0, 0.1) is 5.82 Å². The highest BCUT2D eigenvalue weighted by atomic mass is 35.5. The molecule has 0 N–H and O–H groups in total. The van der Waals surface area contributed by atoms with E-state index >= 15 is 0 Å². The molecule has 0 unspecified atom stereocenters. The molecule has 0 spiro atoms. The predicted molar refractivity (Wildman–Crippen MR) is 98.1 cm³/mol. The van der Waals surface area contributed by atoms with Crippen molar-refractivity contribution >= 4 is 56.6 Å². The predicted octanol–water partition coefficient (Wildman–Crippen LogP) is 4.06. The van der Waals surface area contributed by atoms with Crippen LogP contribution in [0.4, 0.5) is 4.39 Å². The molecule has 0 radical (unpaired) electrons. The summed E-state index contributed by atoms with van der Waals surface area (Å²) in [7, 11) is 1.22. The van der Waals surface area contributed by atoms with E-state index in [4.69, 9.17) is 23.2 Å². The summed E-state index contributed by atoms with van der Waals surface area (Å²) < 4.78 is 20.8. The first kappa shape index (κ1) is 18.6. The number of fused-ring (bicyclic) bond motifs is 1. The Bertz CT molecular complexity index is 1090. The number of rotatable bonds is 3. The molecule has 3 rings (SSSR count). The van der Waals surface area contributed by atoms with Gasteiger partial charge in [0.25, 0.3) is 5.91 Å². The van der Waals surface area contributed by atoms with Crippen LogP contribution < -0.4 is 4.80 Å². The van der Waals surface area contributed by atoms with E-state index in [2.05, 4.69) is 9.73 Å². The Kier molecular flexibility index (Phi) is 5.41. The van der Waals surface area contributed by atoms with E-state index in [1.165, 1.54) is 35.9 Å². The zero-order valence-corrected chi connectivity index (χ0v) is 15.7. The van der Waals surface area contributed by atoms with E-state index in [0.717, 1.165) is 11.3 Å². The molecule has 5 nitrogen and oxygen atoms in total. The number of para-hydroxylation sites is 1. The van der Waals surface area contributed by atoms with Gasteiger partial charge in [-0.15, -0.1) is 0 Å². The number of ether oxygens (including phenoxy) is 1. The second-order valence-corrected chi connectivity index (χ2v) is 7.03. The van der Waals surface area contributed by atoms with Crippen LogP contribution in [0.3, 0.4) is 0 Å². The maximum absolute atomic E-state index is 14.3. The first-order valence-electron chi connectivity index (χ1n) is 7.29. The number of halogens is 3. The zero-order valence-electron chi connectivity index (χ0n) is 13.3. The molecule has 0 fully saturated rings. The molecule has 0 saturated heterocycles. The van der Waals surface area contributed by atoms with Crippen LogP contribution in [0.1, 0.15) is 10.4 Å². The summed E-state index contributed by atoms with van der Waals surface area (Å²) in [6, 6.07) is 8.91. The van der Waals surface area contributed by atoms with E-state index in [0.29, 0.717) is 9.72 Å². The van der Waals surface area contributed by atoms with Crippen molar-refractivity contribution in [3.05, 3.63) is 62.6 Å². The number of methoxy groups -OCH3 is 1. The molecule has 26 heavy (non-hydrogen) atoms. The number of hydrogen-bond acceptors (Lipinski definition) is 4. The number of carbonyl (C=O) groups is 2. The Hall–Kier alpha value is -2.22. The monoisotopic (exact) mass is 412 g/mol. The van der Waals surface area contributed by atoms with Crippen molar-refractivity contribution in [1.29, 1.82) is 0 Å². The summed E-state index contributed by atoms with van der Waals surface area (Å²) in [5, 5.41) is 0.521. The van der Waals surface area contributed by atoms with Crippen molar-refractivity contribution in [3.8, 4) is 0 Å². The van der Waals surface area contributed by atoms with Gasteiger partial charge in [-0.3, -0.25) is 9.59 Å². The largest absolute Gasteiger partial charge is 0.468 e. The molecule has 1 aromatic heterocycles. The second kappa shape index (κ2) is 7.57. The number of carbonyl (C=O) groups excluding carboxylic acids is 2. The molecule has 1 heterocycles. The fourth-order valence-corrected chi connectivity index (χ4v) is 3.73. The second-order valence-electron chi connectivity index (χ2n) is 5.17. The van der Waals surface area contributed by atoms with Crippen molar-refractivity contribution in [2.75, 3.05) is 7.11 Å². The van der Waals surface area contributed by atoms with Gasteiger partial charge in [-0.2, -0.15) is 4.99 Å². The van der Waals surface area contributed by atoms with Gasteiger partial charge < -0.3 is 9.30 Å². The number of hydrogen-bond donors (Lipinski definition) is 0. The zero-order chi connectivity index (χ0) is 18.8. The molecule has 134 valence electrons. The van der Waals surface area contributed by atoms with E-state index in [9.17, 15) is 14.0 Å². The van der Waals surface area contributed by atoms with Gasteiger partial charge in [0.15, 0.2) is 4.80 Å². The Morgan fingerprint density at radius 1 is 1.27 bits per heavy atom. The Morgan fingerprint density at radius 3 is 2.77 bits per heavy atom. The SMILES string of the molecule is COC(=O)Cn1c(=NC(=O)c2cc(Cl)ccc2Cl)sc2cccc(F)c21. The first-order chi connectivity index (χ1) is 12.4. The van der Waals surface area contributed by atoms with Gasteiger partial charge >= 0.3 is 5.97 Å². The molecular weight excluding hydrogens is 402 g/mol. The molecule has 0 saturated carbocycles. The average molecular weight is 413 g/mol. The third-order valence-corrected chi connectivity index (χ3v) is 5.13. The lowest BCUT2D eigenvalue weighted by Crippen LogP contribution is -2.23. The minimum atomic E-state index is -0.650. The van der Waals surface area contributed by atoms with Gasteiger partial charge in [-0.25, -0.2) is 4.39 Å². The maximum Gasteiger partial charge on any atom is 0.325 e. The highest BCUT2D eigenvalue weighted by Crippen LogP contribution is 2.23. The summed E-state index contributed by atoms with van der Waals surface area (Å²) in [6.07, 6.45) is 0. The van der Waals surface area contributed by atoms with Crippen LogP contribution in [0.25, 0.3) is 10.2 Å². The molecule has 0 aliphatic carbocycles. The van der Waals surface area contributed by atoms with Gasteiger partial charge in [0.05, 0.1) is 27.9 Å². The van der Waals surface area contributed by atoms with E-state index in [1.54, 1.807) is 12.1 Å². The number of benzene rings is 2. The van der Waals surface area contributed by atoms with E-state index in [1.807, 2.05) is 0 Å². The molecule has 0 aliphatic heterocycles. The third kappa shape index (κ3) is 3.65. The summed E-state index contributed by atoms with van der Waals surface area (Å²) in [4.78, 5) is 28.4. The summed E-state index contributed by atoms with van der Waals surface area (Å²) in [5.74, 6) is -1.77.